The third-order valence-electron chi connectivity index (χ3n) is 4.14. The van der Waals surface area contributed by atoms with Gasteiger partial charge in [0.15, 0.2) is 0 Å². The summed E-state index contributed by atoms with van der Waals surface area (Å²) in [6.07, 6.45) is 4.41. The SMILES string of the molecule is COc1ccc(NC(=O)c2ccc(NC(=O)CCCCCCN)cc2)cc1. The molecule has 6 heteroatoms. The monoisotopic (exact) mass is 369 g/mol. The lowest BCUT2D eigenvalue weighted by Crippen LogP contribution is -2.13. The van der Waals surface area contributed by atoms with Crippen LogP contribution in [0.25, 0.3) is 0 Å². The molecule has 0 fully saturated rings. The molecule has 0 spiro atoms. The second-order valence-electron chi connectivity index (χ2n) is 6.26. The number of unbranched alkanes of at least 4 members (excludes halogenated alkanes) is 3. The van der Waals surface area contributed by atoms with E-state index in [1.165, 1.54) is 0 Å². The largest absolute Gasteiger partial charge is 0.497 e. The van der Waals surface area contributed by atoms with Crippen LogP contribution in [-0.2, 0) is 4.79 Å². The summed E-state index contributed by atoms with van der Waals surface area (Å²) in [4.78, 5) is 24.2. The fraction of sp³-hybridized carbons (Fsp3) is 0.333. The Labute approximate surface area is 160 Å². The molecule has 0 aromatic heterocycles. The summed E-state index contributed by atoms with van der Waals surface area (Å²) in [5.74, 6) is 0.503. The molecule has 4 N–H and O–H groups in total. The molecule has 6 nitrogen and oxygen atoms in total. The summed E-state index contributed by atoms with van der Waals surface area (Å²) in [6, 6.07) is 14.0. The van der Waals surface area contributed by atoms with Crippen molar-refractivity contribution in [3.8, 4) is 5.75 Å². The van der Waals surface area contributed by atoms with E-state index in [0.29, 0.717) is 29.9 Å². The molecule has 0 aliphatic carbocycles. The maximum Gasteiger partial charge on any atom is 0.255 e. The molecular weight excluding hydrogens is 342 g/mol. The van der Waals surface area contributed by atoms with Gasteiger partial charge in [0.25, 0.3) is 5.91 Å². The van der Waals surface area contributed by atoms with E-state index in [4.69, 9.17) is 10.5 Å². The number of methoxy groups -OCH3 is 1. The zero-order chi connectivity index (χ0) is 19.5. The molecule has 2 rings (SSSR count). The molecule has 0 radical (unpaired) electrons. The van der Waals surface area contributed by atoms with Crippen molar-refractivity contribution in [2.45, 2.75) is 32.1 Å². The van der Waals surface area contributed by atoms with Gasteiger partial charge in [-0.15, -0.1) is 0 Å². The normalized spacial score (nSPS) is 10.3. The summed E-state index contributed by atoms with van der Waals surface area (Å²) in [5.41, 5.74) is 7.34. The van der Waals surface area contributed by atoms with Crippen molar-refractivity contribution in [1.29, 1.82) is 0 Å². The predicted molar refractivity (Wildman–Crippen MR) is 108 cm³/mol. The second-order valence-corrected chi connectivity index (χ2v) is 6.26. The van der Waals surface area contributed by atoms with Crippen LogP contribution in [0.3, 0.4) is 0 Å². The molecule has 0 saturated heterocycles. The number of ether oxygens (including phenoxy) is 1. The van der Waals surface area contributed by atoms with Crippen molar-refractivity contribution in [2.75, 3.05) is 24.3 Å². The van der Waals surface area contributed by atoms with Crippen molar-refractivity contribution in [3.05, 3.63) is 54.1 Å². The zero-order valence-electron chi connectivity index (χ0n) is 15.7. The summed E-state index contributed by atoms with van der Waals surface area (Å²) in [5, 5.41) is 5.68. The van der Waals surface area contributed by atoms with Crippen LogP contribution in [0, 0.1) is 0 Å². The van der Waals surface area contributed by atoms with Gasteiger partial charge in [-0.05, 0) is 67.9 Å². The highest BCUT2D eigenvalue weighted by Crippen LogP contribution is 2.17. The Morgan fingerprint density at radius 1 is 0.852 bits per heavy atom. The highest BCUT2D eigenvalue weighted by molar-refractivity contribution is 6.04. The lowest BCUT2D eigenvalue weighted by atomic mass is 10.1. The molecule has 0 bridgehead atoms. The number of hydrogen-bond acceptors (Lipinski definition) is 4. The third kappa shape index (κ3) is 7.11. The van der Waals surface area contributed by atoms with E-state index in [1.54, 1.807) is 55.6 Å². The Morgan fingerprint density at radius 3 is 2.07 bits per heavy atom. The van der Waals surface area contributed by atoms with Gasteiger partial charge in [0.1, 0.15) is 5.75 Å². The number of hydrogen-bond donors (Lipinski definition) is 3. The maximum absolute atomic E-state index is 12.3. The maximum atomic E-state index is 12.3. The molecule has 2 amide bonds. The van der Waals surface area contributed by atoms with Gasteiger partial charge >= 0.3 is 0 Å². The van der Waals surface area contributed by atoms with Gasteiger partial charge in [0.05, 0.1) is 7.11 Å². The summed E-state index contributed by atoms with van der Waals surface area (Å²) >= 11 is 0. The van der Waals surface area contributed by atoms with Crippen LogP contribution in [0.5, 0.6) is 5.75 Å². The zero-order valence-corrected chi connectivity index (χ0v) is 15.7. The summed E-state index contributed by atoms with van der Waals surface area (Å²) in [7, 11) is 1.59. The first-order chi connectivity index (χ1) is 13.1. The van der Waals surface area contributed by atoms with Crippen molar-refractivity contribution in [3.63, 3.8) is 0 Å². The molecule has 0 atom stereocenters. The van der Waals surface area contributed by atoms with Gasteiger partial charge < -0.3 is 21.1 Å². The van der Waals surface area contributed by atoms with Gasteiger partial charge in [0, 0.05) is 23.4 Å². The number of rotatable bonds is 10. The molecule has 0 saturated carbocycles. The molecule has 144 valence electrons. The first kappa shape index (κ1) is 20.5. The lowest BCUT2D eigenvalue weighted by Gasteiger charge is -2.08. The van der Waals surface area contributed by atoms with Crippen LogP contribution in [0.2, 0.25) is 0 Å². The number of carbonyl (C=O) groups excluding carboxylic acids is 2. The first-order valence-corrected chi connectivity index (χ1v) is 9.18. The van der Waals surface area contributed by atoms with Crippen LogP contribution < -0.4 is 21.1 Å². The van der Waals surface area contributed by atoms with Gasteiger partial charge in [-0.3, -0.25) is 9.59 Å². The highest BCUT2D eigenvalue weighted by Gasteiger charge is 2.07. The van der Waals surface area contributed by atoms with Crippen LogP contribution in [0.4, 0.5) is 11.4 Å². The number of benzene rings is 2. The fourth-order valence-corrected chi connectivity index (χ4v) is 2.59. The number of anilines is 2. The van der Waals surface area contributed by atoms with E-state index in [2.05, 4.69) is 10.6 Å². The molecule has 0 aliphatic heterocycles. The number of amides is 2. The number of nitrogens with one attached hydrogen (secondary N) is 2. The number of nitrogens with two attached hydrogens (primary N) is 1. The molecule has 2 aromatic rings. The Balaban J connectivity index is 1.81. The standard InChI is InChI=1S/C21H27N3O3/c1-27-19-13-11-18(12-14-19)24-21(26)16-7-9-17(10-8-16)23-20(25)6-4-2-3-5-15-22/h7-14H,2-6,15,22H2,1H3,(H,23,25)(H,24,26). The fourth-order valence-electron chi connectivity index (χ4n) is 2.59. The number of carbonyl (C=O) groups is 2. The smallest absolute Gasteiger partial charge is 0.255 e. The van der Waals surface area contributed by atoms with E-state index in [1.807, 2.05) is 0 Å². The molecule has 0 aliphatic rings. The molecule has 2 aromatic carbocycles. The average Bonchev–Trinajstić information content (AvgIpc) is 2.69. The van der Waals surface area contributed by atoms with Crippen molar-refractivity contribution < 1.29 is 14.3 Å². The Bertz CT molecular complexity index is 727. The van der Waals surface area contributed by atoms with Crippen molar-refractivity contribution in [1.82, 2.24) is 0 Å². The topological polar surface area (TPSA) is 93.5 Å². The van der Waals surface area contributed by atoms with Crippen molar-refractivity contribution >= 4 is 23.2 Å². The Kier molecular flexibility index (Phi) is 8.32. The molecular formula is C21H27N3O3. The van der Waals surface area contributed by atoms with Crippen LogP contribution in [0.15, 0.2) is 48.5 Å². The van der Waals surface area contributed by atoms with E-state index in [-0.39, 0.29) is 11.8 Å². The Hall–Kier alpha value is -2.86. The third-order valence-corrected chi connectivity index (χ3v) is 4.14. The minimum atomic E-state index is -0.210. The van der Waals surface area contributed by atoms with Gasteiger partial charge in [-0.1, -0.05) is 12.8 Å². The van der Waals surface area contributed by atoms with Gasteiger partial charge in [-0.25, -0.2) is 0 Å². The minimum absolute atomic E-state index is 0.0156. The van der Waals surface area contributed by atoms with Crippen LogP contribution in [0.1, 0.15) is 42.5 Å². The van der Waals surface area contributed by atoms with Gasteiger partial charge in [0.2, 0.25) is 5.91 Å². The lowest BCUT2D eigenvalue weighted by molar-refractivity contribution is -0.116. The highest BCUT2D eigenvalue weighted by atomic mass is 16.5. The van der Waals surface area contributed by atoms with Crippen LogP contribution >= 0.6 is 0 Å². The molecule has 0 heterocycles. The summed E-state index contributed by atoms with van der Waals surface area (Å²) in [6.45, 7) is 0.699. The molecule has 0 unspecified atom stereocenters. The van der Waals surface area contributed by atoms with Crippen LogP contribution in [-0.4, -0.2) is 25.5 Å². The Morgan fingerprint density at radius 2 is 1.44 bits per heavy atom. The minimum Gasteiger partial charge on any atom is -0.497 e. The van der Waals surface area contributed by atoms with E-state index >= 15 is 0 Å². The summed E-state index contributed by atoms with van der Waals surface area (Å²) < 4.78 is 5.09. The predicted octanol–water partition coefficient (Wildman–Crippen LogP) is 3.80. The average molecular weight is 369 g/mol. The van der Waals surface area contributed by atoms with Gasteiger partial charge in [-0.2, -0.15) is 0 Å². The first-order valence-electron chi connectivity index (χ1n) is 9.18. The molecule has 27 heavy (non-hydrogen) atoms. The van der Waals surface area contributed by atoms with E-state index in [9.17, 15) is 9.59 Å². The second kappa shape index (κ2) is 11.0. The van der Waals surface area contributed by atoms with E-state index in [0.717, 1.165) is 31.4 Å². The van der Waals surface area contributed by atoms with Crippen molar-refractivity contribution in [2.24, 2.45) is 5.73 Å². The quantitative estimate of drug-likeness (QED) is 0.555. The van der Waals surface area contributed by atoms with E-state index < -0.39 is 0 Å².